The molecule has 0 saturated heterocycles. The van der Waals surface area contributed by atoms with E-state index in [4.69, 9.17) is 16.3 Å². The van der Waals surface area contributed by atoms with E-state index in [9.17, 15) is 17.9 Å². The molecule has 2 N–H and O–H groups in total. The third kappa shape index (κ3) is 3.20. The van der Waals surface area contributed by atoms with Gasteiger partial charge in [0.1, 0.15) is 22.2 Å². The molecule has 5 nitrogen and oxygen atoms in total. The number of anilines is 1. The third-order valence-corrected chi connectivity index (χ3v) is 5.30. The molecule has 8 heteroatoms. The van der Waals surface area contributed by atoms with Gasteiger partial charge in [0.15, 0.2) is 0 Å². The third-order valence-electron chi connectivity index (χ3n) is 3.63. The largest absolute Gasteiger partial charge is 0.506 e. The summed E-state index contributed by atoms with van der Waals surface area (Å²) in [6, 6.07) is 11.1. The van der Waals surface area contributed by atoms with Crippen LogP contribution in [0.15, 0.2) is 53.4 Å². The highest BCUT2D eigenvalue weighted by Crippen LogP contribution is 2.38. The van der Waals surface area contributed by atoms with Crippen LogP contribution in [0.3, 0.4) is 0 Å². The predicted molar refractivity (Wildman–Crippen MR) is 94.4 cm³/mol. The zero-order valence-electron chi connectivity index (χ0n) is 13.0. The molecule has 130 valence electrons. The number of aromatic hydroxyl groups is 1. The van der Waals surface area contributed by atoms with Crippen molar-refractivity contribution in [3.63, 3.8) is 0 Å². The van der Waals surface area contributed by atoms with Gasteiger partial charge in [-0.2, -0.15) is 0 Å². The molecule has 0 aliphatic heterocycles. The van der Waals surface area contributed by atoms with E-state index >= 15 is 0 Å². The average molecular weight is 382 g/mol. The van der Waals surface area contributed by atoms with Crippen molar-refractivity contribution in [1.29, 1.82) is 0 Å². The predicted octanol–water partition coefficient (Wildman–Crippen LogP) is 4.15. The molecular weight excluding hydrogens is 369 g/mol. The minimum Gasteiger partial charge on any atom is -0.506 e. The topological polar surface area (TPSA) is 75.6 Å². The van der Waals surface area contributed by atoms with Crippen LogP contribution in [0.4, 0.5) is 10.1 Å². The second-order valence-corrected chi connectivity index (χ2v) is 7.26. The van der Waals surface area contributed by atoms with Gasteiger partial charge < -0.3 is 9.84 Å². The van der Waals surface area contributed by atoms with E-state index in [1.165, 1.54) is 19.2 Å². The van der Waals surface area contributed by atoms with Crippen molar-refractivity contribution in [3.05, 3.63) is 59.4 Å². The number of hydrogen-bond donors (Lipinski definition) is 2. The first kappa shape index (κ1) is 17.3. The van der Waals surface area contributed by atoms with Crippen molar-refractivity contribution >= 4 is 38.1 Å². The Balaban J connectivity index is 2.16. The Hall–Kier alpha value is -2.51. The summed E-state index contributed by atoms with van der Waals surface area (Å²) in [6.07, 6.45) is 0. The van der Waals surface area contributed by atoms with Gasteiger partial charge in [0.05, 0.1) is 17.8 Å². The highest BCUT2D eigenvalue weighted by Gasteiger charge is 2.22. The van der Waals surface area contributed by atoms with Crippen molar-refractivity contribution in [2.24, 2.45) is 0 Å². The normalized spacial score (nSPS) is 11.5. The second kappa shape index (κ2) is 6.42. The molecule has 0 amide bonds. The maximum atomic E-state index is 13.5. The number of rotatable bonds is 4. The summed E-state index contributed by atoms with van der Waals surface area (Å²) in [4.78, 5) is -0.344. The first-order chi connectivity index (χ1) is 11.8. The lowest BCUT2D eigenvalue weighted by Crippen LogP contribution is -2.14. The van der Waals surface area contributed by atoms with Crippen molar-refractivity contribution in [2.45, 2.75) is 4.90 Å². The lowest BCUT2D eigenvalue weighted by Gasteiger charge is -2.14. The number of sulfonamides is 1. The molecule has 0 aliphatic carbocycles. The van der Waals surface area contributed by atoms with Crippen LogP contribution >= 0.6 is 11.6 Å². The van der Waals surface area contributed by atoms with E-state index in [0.717, 1.165) is 12.1 Å². The monoisotopic (exact) mass is 381 g/mol. The molecule has 0 aliphatic rings. The first-order valence-electron chi connectivity index (χ1n) is 7.10. The molecule has 0 saturated carbocycles. The van der Waals surface area contributed by atoms with Gasteiger partial charge in [-0.25, -0.2) is 12.8 Å². The number of benzene rings is 3. The van der Waals surface area contributed by atoms with Crippen molar-refractivity contribution < 1.29 is 22.7 Å². The Morgan fingerprint density at radius 2 is 1.80 bits per heavy atom. The molecule has 3 aromatic rings. The fourth-order valence-corrected chi connectivity index (χ4v) is 3.93. The zero-order chi connectivity index (χ0) is 18.2. The number of fused-ring (bicyclic) bond motifs is 1. The number of nitrogens with one attached hydrogen (secondary N) is 1. The van der Waals surface area contributed by atoms with Gasteiger partial charge in [0.25, 0.3) is 10.0 Å². The molecular formula is C17H13ClFNO4S. The van der Waals surface area contributed by atoms with Crippen molar-refractivity contribution in [1.82, 2.24) is 0 Å². The zero-order valence-corrected chi connectivity index (χ0v) is 14.5. The van der Waals surface area contributed by atoms with E-state index in [-0.39, 0.29) is 27.1 Å². The molecule has 3 aromatic carbocycles. The molecule has 0 fully saturated rings. The van der Waals surface area contributed by atoms with Gasteiger partial charge in [-0.15, -0.1) is 0 Å². The molecule has 0 aromatic heterocycles. The van der Waals surface area contributed by atoms with Crippen LogP contribution in [-0.4, -0.2) is 20.6 Å². The molecule has 25 heavy (non-hydrogen) atoms. The van der Waals surface area contributed by atoms with E-state index < -0.39 is 15.8 Å². The molecule has 0 heterocycles. The summed E-state index contributed by atoms with van der Waals surface area (Å²) in [5.74, 6) is -0.860. The lowest BCUT2D eigenvalue weighted by molar-refractivity contribution is 0.401. The Kier molecular flexibility index (Phi) is 4.45. The van der Waals surface area contributed by atoms with Gasteiger partial charge in [0, 0.05) is 10.8 Å². The average Bonchev–Trinajstić information content (AvgIpc) is 2.59. The number of methoxy groups -OCH3 is 1. The Labute approximate surface area is 148 Å². The van der Waals surface area contributed by atoms with E-state index in [2.05, 4.69) is 4.72 Å². The van der Waals surface area contributed by atoms with Crippen molar-refractivity contribution in [3.8, 4) is 11.5 Å². The highest BCUT2D eigenvalue weighted by atomic mass is 35.5. The Bertz CT molecular complexity index is 1070. The maximum Gasteiger partial charge on any atom is 0.265 e. The van der Waals surface area contributed by atoms with Crippen LogP contribution in [0.25, 0.3) is 10.8 Å². The molecule has 0 radical (unpaired) electrons. The van der Waals surface area contributed by atoms with E-state index in [0.29, 0.717) is 10.8 Å². The van der Waals surface area contributed by atoms with E-state index in [1.807, 2.05) is 0 Å². The summed E-state index contributed by atoms with van der Waals surface area (Å²) >= 11 is 5.98. The van der Waals surface area contributed by atoms with Gasteiger partial charge in [-0.1, -0.05) is 35.9 Å². The van der Waals surface area contributed by atoms with Gasteiger partial charge in [-0.05, 0) is 24.3 Å². The summed E-state index contributed by atoms with van der Waals surface area (Å²) < 4.78 is 46.3. The standard InChI is InChI=1S/C17H13ClFNO4S/c1-24-15-7-6-10(19)8-16(15)25(22,23)20-14-9-13(18)17(21)12-5-3-2-4-11(12)14/h2-9,20-21H,1H3. The van der Waals surface area contributed by atoms with Crippen LogP contribution in [0.2, 0.25) is 5.02 Å². The van der Waals surface area contributed by atoms with Crippen molar-refractivity contribution in [2.75, 3.05) is 11.8 Å². The maximum absolute atomic E-state index is 13.5. The van der Waals surface area contributed by atoms with Gasteiger partial charge in [-0.3, -0.25) is 4.72 Å². The Morgan fingerprint density at radius 1 is 1.12 bits per heavy atom. The van der Waals surface area contributed by atoms with Crippen LogP contribution in [0.1, 0.15) is 0 Å². The Morgan fingerprint density at radius 3 is 2.48 bits per heavy atom. The molecule has 0 bridgehead atoms. The lowest BCUT2D eigenvalue weighted by atomic mass is 10.1. The minimum absolute atomic E-state index is 0.00285. The second-order valence-electron chi connectivity index (χ2n) is 5.20. The van der Waals surface area contributed by atoms with Gasteiger partial charge >= 0.3 is 0 Å². The number of hydrogen-bond acceptors (Lipinski definition) is 4. The number of ether oxygens (including phenoxy) is 1. The van der Waals surface area contributed by atoms with E-state index in [1.54, 1.807) is 24.3 Å². The SMILES string of the molecule is COc1ccc(F)cc1S(=O)(=O)Nc1cc(Cl)c(O)c2ccccc12. The quantitative estimate of drug-likeness (QED) is 0.666. The minimum atomic E-state index is -4.15. The van der Waals surface area contributed by atoms with Crippen LogP contribution in [-0.2, 0) is 10.0 Å². The number of halogens is 2. The summed E-state index contributed by atoms with van der Waals surface area (Å²) in [7, 11) is -2.86. The smallest absolute Gasteiger partial charge is 0.265 e. The highest BCUT2D eigenvalue weighted by molar-refractivity contribution is 7.92. The number of phenolic OH excluding ortho intramolecular Hbond substituents is 1. The first-order valence-corrected chi connectivity index (χ1v) is 8.96. The van der Waals surface area contributed by atoms with Crippen LogP contribution in [0.5, 0.6) is 11.5 Å². The van der Waals surface area contributed by atoms with Crippen LogP contribution in [0, 0.1) is 5.82 Å². The molecule has 0 atom stereocenters. The summed E-state index contributed by atoms with van der Waals surface area (Å²) in [6.45, 7) is 0. The van der Waals surface area contributed by atoms with Gasteiger partial charge in [0.2, 0.25) is 0 Å². The number of phenols is 1. The fourth-order valence-electron chi connectivity index (χ4n) is 2.47. The van der Waals surface area contributed by atoms with Crippen LogP contribution < -0.4 is 9.46 Å². The summed E-state index contributed by atoms with van der Waals surface area (Å²) in [5.41, 5.74) is 0.157. The summed E-state index contributed by atoms with van der Waals surface area (Å²) in [5, 5.41) is 10.9. The molecule has 3 rings (SSSR count). The fraction of sp³-hybridized carbons (Fsp3) is 0.0588. The molecule has 0 unspecified atom stereocenters. The molecule has 0 spiro atoms.